The zero-order valence-corrected chi connectivity index (χ0v) is 15.2. The number of rotatable bonds is 3. The van der Waals surface area contributed by atoms with Crippen LogP contribution in [0.4, 0.5) is 0 Å². The van der Waals surface area contributed by atoms with Crippen LogP contribution in [0.3, 0.4) is 0 Å². The van der Waals surface area contributed by atoms with E-state index in [1.807, 2.05) is 19.1 Å². The molecular weight excluding hydrogens is 364 g/mol. The molecule has 1 aromatic carbocycles. The van der Waals surface area contributed by atoms with Crippen molar-refractivity contribution in [3.63, 3.8) is 0 Å². The summed E-state index contributed by atoms with van der Waals surface area (Å²) in [5.74, 6) is 0.339. The molecule has 0 spiro atoms. The normalized spacial score (nSPS) is 11.0. The van der Waals surface area contributed by atoms with E-state index in [4.69, 9.17) is 11.6 Å². The molecule has 0 bridgehead atoms. The second-order valence-corrected chi connectivity index (χ2v) is 6.62. The van der Waals surface area contributed by atoms with Gasteiger partial charge < -0.3 is 4.57 Å². The van der Waals surface area contributed by atoms with E-state index in [-0.39, 0.29) is 5.56 Å². The summed E-state index contributed by atoms with van der Waals surface area (Å²) >= 11 is 5.82. The van der Waals surface area contributed by atoms with Gasteiger partial charge in [0.15, 0.2) is 5.82 Å². The molecule has 0 saturated carbocycles. The molecule has 0 fully saturated rings. The van der Waals surface area contributed by atoms with Crippen molar-refractivity contribution in [3.05, 3.63) is 98.0 Å². The van der Waals surface area contributed by atoms with Gasteiger partial charge in [0.25, 0.3) is 5.56 Å². The smallest absolute Gasteiger partial charge is 0.328 e. The molecule has 2 aliphatic heterocycles. The van der Waals surface area contributed by atoms with Gasteiger partial charge in [-0.15, -0.1) is 0 Å². The van der Waals surface area contributed by atoms with E-state index in [0.717, 1.165) is 15.7 Å². The quantitative estimate of drug-likeness (QED) is 0.514. The molecule has 2 aromatic rings. The minimum atomic E-state index is -0.604. The summed E-state index contributed by atoms with van der Waals surface area (Å²) in [6.07, 6.45) is 3.43. The Bertz CT molecular complexity index is 1210. The number of aryl methyl sites for hydroxylation is 1. The molecule has 7 heteroatoms. The molecule has 0 N–H and O–H groups in total. The Hall–Kier alpha value is -3.25. The predicted molar refractivity (Wildman–Crippen MR) is 104 cm³/mol. The van der Waals surface area contributed by atoms with Crippen molar-refractivity contribution in [2.75, 3.05) is 0 Å². The van der Waals surface area contributed by atoms with Crippen LogP contribution < -0.4 is 11.2 Å². The van der Waals surface area contributed by atoms with Gasteiger partial charge >= 0.3 is 5.69 Å². The molecule has 0 radical (unpaired) electrons. The Morgan fingerprint density at radius 3 is 2.67 bits per heavy atom. The molecule has 0 atom stereocenters. The highest BCUT2D eigenvalue weighted by Gasteiger charge is 2.18. The maximum atomic E-state index is 13.0. The van der Waals surface area contributed by atoms with Gasteiger partial charge in [0, 0.05) is 12.4 Å². The van der Waals surface area contributed by atoms with Gasteiger partial charge in [-0.2, -0.15) is 4.98 Å². The molecule has 27 heavy (non-hydrogen) atoms. The van der Waals surface area contributed by atoms with E-state index in [1.165, 1.54) is 0 Å². The summed E-state index contributed by atoms with van der Waals surface area (Å²) < 4.78 is 2.85. The van der Waals surface area contributed by atoms with Crippen molar-refractivity contribution < 1.29 is 0 Å². The highest BCUT2D eigenvalue weighted by atomic mass is 35.5. The number of hydrogen-bond acceptors (Lipinski definition) is 4. The summed E-state index contributed by atoms with van der Waals surface area (Å²) in [5.41, 5.74) is 1.73. The Morgan fingerprint density at radius 2 is 1.93 bits per heavy atom. The van der Waals surface area contributed by atoms with E-state index < -0.39 is 5.69 Å². The zero-order chi connectivity index (χ0) is 19.0. The molecule has 0 unspecified atom stereocenters. The fourth-order valence-corrected chi connectivity index (χ4v) is 3.11. The molecule has 0 saturated heterocycles. The number of hydrogen-bond donors (Lipinski definition) is 0. The first-order valence-electron chi connectivity index (χ1n) is 8.32. The summed E-state index contributed by atoms with van der Waals surface area (Å²) in [6, 6.07) is 14.2. The minimum absolute atomic E-state index is 0.339. The van der Waals surface area contributed by atoms with Crippen LogP contribution in [0.2, 0.25) is 5.15 Å². The Kier molecular flexibility index (Phi) is 4.33. The summed E-state index contributed by atoms with van der Waals surface area (Å²) in [6.45, 7) is 2.32. The first kappa shape index (κ1) is 17.2. The van der Waals surface area contributed by atoms with Crippen LogP contribution in [0.1, 0.15) is 11.1 Å². The fraction of sp³-hybridized carbons (Fsp3) is 0.100. The fourth-order valence-electron chi connectivity index (χ4n) is 3.00. The first-order valence-corrected chi connectivity index (χ1v) is 8.70. The molecule has 0 amide bonds. The number of benzene rings is 1. The third-order valence-corrected chi connectivity index (χ3v) is 4.49. The predicted octanol–water partition coefficient (Wildman–Crippen LogP) is 2.90. The average Bonchev–Trinajstić information content (AvgIpc) is 2.64. The van der Waals surface area contributed by atoms with Crippen molar-refractivity contribution in [3.8, 4) is 17.1 Å². The maximum Gasteiger partial charge on any atom is 0.357 e. The largest absolute Gasteiger partial charge is 0.357 e. The summed E-state index contributed by atoms with van der Waals surface area (Å²) in [5, 5.41) is 0.405. The van der Waals surface area contributed by atoms with Gasteiger partial charge in [0.1, 0.15) is 5.15 Å². The third-order valence-electron chi connectivity index (χ3n) is 4.27. The van der Waals surface area contributed by atoms with E-state index in [1.54, 1.807) is 53.4 Å². The second-order valence-electron chi connectivity index (χ2n) is 6.24. The topological polar surface area (TPSA) is 69.8 Å². The molecule has 4 rings (SSSR count). The van der Waals surface area contributed by atoms with E-state index >= 15 is 0 Å². The SMILES string of the molecule is Cc1cccc(-n2c(=O)nc3n(Cc4ccc(Cl)nc4)cccc-3c2=O)c1. The summed E-state index contributed by atoms with van der Waals surface area (Å²) in [4.78, 5) is 33.9. The minimum Gasteiger partial charge on any atom is -0.328 e. The van der Waals surface area contributed by atoms with Crippen LogP contribution >= 0.6 is 11.6 Å². The molecule has 6 nitrogen and oxygen atoms in total. The van der Waals surface area contributed by atoms with Crippen molar-refractivity contribution in [2.45, 2.75) is 13.5 Å². The number of fused-ring (bicyclic) bond motifs is 1. The molecular formula is C20H15ClN4O2. The molecule has 1 aromatic heterocycles. The van der Waals surface area contributed by atoms with E-state index in [9.17, 15) is 9.59 Å². The van der Waals surface area contributed by atoms with Gasteiger partial charge in [0.2, 0.25) is 0 Å². The number of halogens is 1. The first-order chi connectivity index (χ1) is 13.0. The van der Waals surface area contributed by atoms with Crippen molar-refractivity contribution in [1.82, 2.24) is 19.1 Å². The monoisotopic (exact) mass is 378 g/mol. The Labute approximate surface area is 159 Å². The lowest BCUT2D eigenvalue weighted by atomic mass is 10.2. The lowest BCUT2D eigenvalue weighted by molar-refractivity contribution is 0.750. The van der Waals surface area contributed by atoms with Crippen LogP contribution in [0.5, 0.6) is 0 Å². The van der Waals surface area contributed by atoms with Gasteiger partial charge in [-0.1, -0.05) is 29.8 Å². The highest BCUT2D eigenvalue weighted by molar-refractivity contribution is 6.29. The Morgan fingerprint density at radius 1 is 1.07 bits per heavy atom. The zero-order valence-electron chi connectivity index (χ0n) is 14.5. The maximum absolute atomic E-state index is 13.0. The third kappa shape index (κ3) is 3.27. The Balaban J connectivity index is 1.87. The van der Waals surface area contributed by atoms with Crippen LogP contribution in [0.25, 0.3) is 17.1 Å². The highest BCUT2D eigenvalue weighted by Crippen LogP contribution is 2.16. The average molecular weight is 379 g/mol. The van der Waals surface area contributed by atoms with Gasteiger partial charge in [-0.05, 0) is 48.4 Å². The summed E-state index contributed by atoms with van der Waals surface area (Å²) in [7, 11) is 0. The van der Waals surface area contributed by atoms with Crippen molar-refractivity contribution >= 4 is 11.6 Å². The van der Waals surface area contributed by atoms with Crippen LogP contribution in [-0.2, 0) is 6.54 Å². The number of pyridine rings is 2. The molecule has 134 valence electrons. The lowest BCUT2D eigenvalue weighted by Crippen LogP contribution is -2.36. The van der Waals surface area contributed by atoms with Crippen molar-refractivity contribution in [2.24, 2.45) is 0 Å². The molecule has 3 heterocycles. The standard InChI is InChI=1S/C20H15ClN4O2/c1-13-4-2-5-15(10-13)25-19(26)16-6-3-9-24(18(16)23-20(25)27)12-14-7-8-17(21)22-11-14/h2-11H,12H2,1H3. The van der Waals surface area contributed by atoms with Gasteiger partial charge in [-0.25, -0.2) is 14.3 Å². The molecule has 0 aliphatic carbocycles. The van der Waals surface area contributed by atoms with Crippen LogP contribution in [0, 0.1) is 6.92 Å². The lowest BCUT2D eigenvalue weighted by Gasteiger charge is -2.15. The van der Waals surface area contributed by atoms with E-state index in [2.05, 4.69) is 9.97 Å². The van der Waals surface area contributed by atoms with E-state index in [0.29, 0.717) is 28.8 Å². The second kappa shape index (κ2) is 6.81. The van der Waals surface area contributed by atoms with Crippen molar-refractivity contribution in [1.29, 1.82) is 0 Å². The van der Waals surface area contributed by atoms with Gasteiger partial charge in [0.05, 0.1) is 17.8 Å². The van der Waals surface area contributed by atoms with Crippen LogP contribution in [0.15, 0.2) is 70.5 Å². The van der Waals surface area contributed by atoms with Gasteiger partial charge in [-0.3, -0.25) is 4.79 Å². The number of nitrogens with zero attached hydrogens (tertiary/aromatic N) is 4. The number of aromatic nitrogens is 4. The van der Waals surface area contributed by atoms with Crippen LogP contribution in [-0.4, -0.2) is 19.1 Å². The molecule has 2 aliphatic rings.